The molecule has 0 spiro atoms. The molecular formula is C11H12F3NO. The third kappa shape index (κ3) is 2.14. The van der Waals surface area contributed by atoms with Gasteiger partial charge in [0.15, 0.2) is 0 Å². The van der Waals surface area contributed by atoms with E-state index >= 15 is 0 Å². The maximum absolute atomic E-state index is 12.6. The Morgan fingerprint density at radius 1 is 1.19 bits per heavy atom. The molecule has 16 heavy (non-hydrogen) atoms. The van der Waals surface area contributed by atoms with E-state index in [-0.39, 0.29) is 11.7 Å². The Kier molecular flexibility index (Phi) is 2.80. The summed E-state index contributed by atoms with van der Waals surface area (Å²) in [5, 5.41) is 12.1. The van der Waals surface area contributed by atoms with Crippen molar-refractivity contribution < 1.29 is 18.3 Å². The molecule has 0 radical (unpaired) electrons. The van der Waals surface area contributed by atoms with E-state index in [1.807, 2.05) is 0 Å². The van der Waals surface area contributed by atoms with Crippen LogP contribution in [-0.4, -0.2) is 17.3 Å². The molecule has 1 saturated carbocycles. The zero-order valence-corrected chi connectivity index (χ0v) is 8.46. The summed E-state index contributed by atoms with van der Waals surface area (Å²) in [5.41, 5.74) is -0.646. The van der Waals surface area contributed by atoms with E-state index in [1.165, 1.54) is 12.1 Å². The molecule has 1 aromatic carbocycles. The Morgan fingerprint density at radius 3 is 2.38 bits per heavy atom. The summed E-state index contributed by atoms with van der Waals surface area (Å²) in [6.07, 6.45) is -3.56. The van der Waals surface area contributed by atoms with Gasteiger partial charge < -0.3 is 10.4 Å². The molecule has 2 nitrogen and oxygen atoms in total. The minimum absolute atomic E-state index is 0.0405. The summed E-state index contributed by atoms with van der Waals surface area (Å²) in [7, 11) is 0. The van der Waals surface area contributed by atoms with Gasteiger partial charge in [-0.05, 0) is 25.0 Å². The Labute approximate surface area is 91.1 Å². The maximum Gasteiger partial charge on any atom is 0.418 e. The van der Waals surface area contributed by atoms with Gasteiger partial charge in [-0.3, -0.25) is 0 Å². The van der Waals surface area contributed by atoms with Crippen molar-refractivity contribution in [3.63, 3.8) is 0 Å². The highest BCUT2D eigenvalue weighted by molar-refractivity contribution is 5.53. The second kappa shape index (κ2) is 3.97. The van der Waals surface area contributed by atoms with Crippen LogP contribution in [0.25, 0.3) is 0 Å². The topological polar surface area (TPSA) is 32.3 Å². The van der Waals surface area contributed by atoms with Crippen molar-refractivity contribution in [2.45, 2.75) is 31.2 Å². The van der Waals surface area contributed by atoms with Crippen LogP contribution in [0.5, 0.6) is 0 Å². The Bertz CT molecular complexity index is 378. The van der Waals surface area contributed by atoms with E-state index in [2.05, 4.69) is 5.32 Å². The zero-order chi connectivity index (χ0) is 11.8. The van der Waals surface area contributed by atoms with E-state index < -0.39 is 17.8 Å². The highest BCUT2D eigenvalue weighted by Gasteiger charge is 2.35. The fourth-order valence-corrected chi connectivity index (χ4v) is 1.71. The van der Waals surface area contributed by atoms with Crippen molar-refractivity contribution in [2.24, 2.45) is 0 Å². The summed E-state index contributed by atoms with van der Waals surface area (Å²) in [4.78, 5) is 0. The fraction of sp³-hybridized carbons (Fsp3) is 0.455. The smallest absolute Gasteiger partial charge is 0.391 e. The normalized spacial score (nSPS) is 25.0. The number of rotatable bonds is 2. The van der Waals surface area contributed by atoms with Gasteiger partial charge in [0.25, 0.3) is 0 Å². The molecule has 0 unspecified atom stereocenters. The molecule has 0 amide bonds. The molecule has 0 bridgehead atoms. The number of nitrogens with one attached hydrogen (secondary N) is 1. The van der Waals surface area contributed by atoms with E-state index in [9.17, 15) is 18.3 Å². The molecule has 1 aliphatic rings. The standard InChI is InChI=1S/C11H12F3NO/c12-11(13,14)7-3-1-2-4-8(7)15-9-5-6-10(9)16/h1-4,9-10,15-16H,5-6H2/t9-,10-/m0/s1. The van der Waals surface area contributed by atoms with Crippen LogP contribution in [0.3, 0.4) is 0 Å². The second-order valence-electron chi connectivity index (χ2n) is 3.94. The Balaban J connectivity index is 2.20. The van der Waals surface area contributed by atoms with Crippen LogP contribution in [0.15, 0.2) is 24.3 Å². The SMILES string of the molecule is O[C@H]1CC[C@@H]1Nc1ccccc1C(F)(F)F. The van der Waals surface area contributed by atoms with Crippen molar-refractivity contribution in [3.8, 4) is 0 Å². The van der Waals surface area contributed by atoms with E-state index in [1.54, 1.807) is 6.07 Å². The number of alkyl halides is 3. The monoisotopic (exact) mass is 231 g/mol. The molecule has 1 fully saturated rings. The molecule has 2 atom stereocenters. The Morgan fingerprint density at radius 2 is 1.88 bits per heavy atom. The van der Waals surface area contributed by atoms with Gasteiger partial charge in [-0.2, -0.15) is 13.2 Å². The van der Waals surface area contributed by atoms with Gasteiger partial charge in [-0.25, -0.2) is 0 Å². The van der Waals surface area contributed by atoms with Crippen LogP contribution >= 0.6 is 0 Å². The lowest BCUT2D eigenvalue weighted by atomic mass is 9.89. The molecule has 0 saturated heterocycles. The fourth-order valence-electron chi connectivity index (χ4n) is 1.71. The van der Waals surface area contributed by atoms with E-state index in [4.69, 9.17) is 0 Å². The van der Waals surface area contributed by atoms with Crippen molar-refractivity contribution in [1.82, 2.24) is 0 Å². The molecule has 1 aliphatic carbocycles. The van der Waals surface area contributed by atoms with E-state index in [0.29, 0.717) is 12.8 Å². The van der Waals surface area contributed by atoms with Gasteiger partial charge in [-0.15, -0.1) is 0 Å². The molecule has 0 aliphatic heterocycles. The summed E-state index contributed by atoms with van der Waals surface area (Å²) < 4.78 is 37.8. The van der Waals surface area contributed by atoms with Crippen molar-refractivity contribution in [1.29, 1.82) is 0 Å². The van der Waals surface area contributed by atoms with Crippen molar-refractivity contribution in [2.75, 3.05) is 5.32 Å². The number of para-hydroxylation sites is 1. The number of aliphatic hydroxyl groups excluding tert-OH is 1. The molecule has 88 valence electrons. The van der Waals surface area contributed by atoms with Crippen LogP contribution in [0.2, 0.25) is 0 Å². The average molecular weight is 231 g/mol. The van der Waals surface area contributed by atoms with Gasteiger partial charge in [0.2, 0.25) is 0 Å². The highest BCUT2D eigenvalue weighted by Crippen LogP contribution is 2.36. The first-order valence-electron chi connectivity index (χ1n) is 5.09. The summed E-state index contributed by atoms with van der Waals surface area (Å²) in [6.45, 7) is 0. The van der Waals surface area contributed by atoms with Gasteiger partial charge in [0, 0.05) is 5.69 Å². The molecule has 0 heterocycles. The zero-order valence-electron chi connectivity index (χ0n) is 8.46. The first-order chi connectivity index (χ1) is 7.48. The summed E-state index contributed by atoms with van der Waals surface area (Å²) >= 11 is 0. The Hall–Kier alpha value is -1.23. The van der Waals surface area contributed by atoms with Crippen LogP contribution < -0.4 is 5.32 Å². The third-order valence-electron chi connectivity index (χ3n) is 2.81. The summed E-state index contributed by atoms with van der Waals surface area (Å²) in [6, 6.07) is 5.05. The average Bonchev–Trinajstić information content (AvgIpc) is 2.23. The van der Waals surface area contributed by atoms with Crippen LogP contribution in [-0.2, 0) is 6.18 Å². The lowest BCUT2D eigenvalue weighted by Crippen LogP contribution is -2.43. The third-order valence-corrected chi connectivity index (χ3v) is 2.81. The maximum atomic E-state index is 12.6. The first kappa shape index (κ1) is 11.3. The van der Waals surface area contributed by atoms with Crippen molar-refractivity contribution in [3.05, 3.63) is 29.8 Å². The van der Waals surface area contributed by atoms with Crippen LogP contribution in [0.1, 0.15) is 18.4 Å². The van der Waals surface area contributed by atoms with Crippen LogP contribution in [0, 0.1) is 0 Å². The lowest BCUT2D eigenvalue weighted by molar-refractivity contribution is -0.137. The predicted octanol–water partition coefficient (Wildman–Crippen LogP) is 2.64. The number of halogens is 3. The van der Waals surface area contributed by atoms with Gasteiger partial charge in [0.1, 0.15) is 0 Å². The minimum Gasteiger partial charge on any atom is -0.391 e. The van der Waals surface area contributed by atoms with Crippen molar-refractivity contribution >= 4 is 5.69 Å². The molecule has 5 heteroatoms. The number of anilines is 1. The number of benzene rings is 1. The highest BCUT2D eigenvalue weighted by atomic mass is 19.4. The predicted molar refractivity (Wildman–Crippen MR) is 54.1 cm³/mol. The molecule has 2 N–H and O–H groups in total. The second-order valence-corrected chi connectivity index (χ2v) is 3.94. The number of aliphatic hydroxyl groups is 1. The largest absolute Gasteiger partial charge is 0.418 e. The van der Waals surface area contributed by atoms with Gasteiger partial charge in [0.05, 0.1) is 17.7 Å². The van der Waals surface area contributed by atoms with Gasteiger partial charge in [-0.1, -0.05) is 12.1 Å². The van der Waals surface area contributed by atoms with Crippen LogP contribution in [0.4, 0.5) is 18.9 Å². The minimum atomic E-state index is -4.36. The van der Waals surface area contributed by atoms with E-state index in [0.717, 1.165) is 6.07 Å². The summed E-state index contributed by atoms with van der Waals surface area (Å²) in [5.74, 6) is 0. The lowest BCUT2D eigenvalue weighted by Gasteiger charge is -2.34. The molecule has 1 aromatic rings. The molecule has 0 aromatic heterocycles. The quantitative estimate of drug-likeness (QED) is 0.820. The first-order valence-corrected chi connectivity index (χ1v) is 5.09. The molecular weight excluding hydrogens is 219 g/mol. The number of hydrogen-bond acceptors (Lipinski definition) is 2. The number of hydrogen-bond donors (Lipinski definition) is 2. The molecule has 2 rings (SSSR count). The van der Waals surface area contributed by atoms with Gasteiger partial charge >= 0.3 is 6.18 Å².